The van der Waals surface area contributed by atoms with Crippen LogP contribution in [0.25, 0.3) is 17.4 Å². The van der Waals surface area contributed by atoms with Gasteiger partial charge in [0.25, 0.3) is 0 Å². The number of aryl methyl sites for hydroxylation is 1. The Hall–Kier alpha value is -3.43. The van der Waals surface area contributed by atoms with E-state index in [4.69, 9.17) is 4.74 Å². The first-order valence-corrected chi connectivity index (χ1v) is 19.9. The van der Waals surface area contributed by atoms with Crippen LogP contribution in [-0.2, 0) is 18.4 Å². The second-order valence-corrected chi connectivity index (χ2v) is 20.1. The first-order valence-electron chi connectivity index (χ1n) is 13.5. The van der Waals surface area contributed by atoms with Crippen LogP contribution in [0.2, 0.25) is 13.1 Å². The van der Waals surface area contributed by atoms with Gasteiger partial charge in [0.2, 0.25) is 0 Å². The summed E-state index contributed by atoms with van der Waals surface area (Å²) in [5, 5.41) is 0. The summed E-state index contributed by atoms with van der Waals surface area (Å²) >= 11 is 0.375. The molecule has 0 spiro atoms. The fourth-order valence-electron chi connectivity index (χ4n) is 4.17. The van der Waals surface area contributed by atoms with Crippen molar-refractivity contribution >= 4 is 24.1 Å². The third-order valence-corrected chi connectivity index (χ3v) is 12.1. The molecule has 1 aliphatic rings. The van der Waals surface area contributed by atoms with Crippen molar-refractivity contribution in [3.63, 3.8) is 0 Å². The Morgan fingerprint density at radius 1 is 0.744 bits per heavy atom. The molecule has 1 nitrogen and oxygen atoms in total. The third kappa shape index (κ3) is 9.37. The molecule has 0 radical (unpaired) electrons. The van der Waals surface area contributed by atoms with Gasteiger partial charge in [-0.1, -0.05) is 121 Å². The molecule has 194 valence electrons. The summed E-state index contributed by atoms with van der Waals surface area (Å²) in [5.74, 6) is 1.64. The zero-order valence-corrected chi connectivity index (χ0v) is 25.8. The maximum absolute atomic E-state index is 6.45. The summed E-state index contributed by atoms with van der Waals surface area (Å²) in [6, 6.07) is 39.1. The van der Waals surface area contributed by atoms with Gasteiger partial charge in [0.05, 0.1) is 0 Å². The summed E-state index contributed by atoms with van der Waals surface area (Å²) < 4.78 is 8.23. The number of rotatable bonds is 8. The molecule has 4 aromatic carbocycles. The minimum atomic E-state index is -0.207. The number of para-hydroxylation sites is 1. The van der Waals surface area contributed by atoms with Crippen molar-refractivity contribution in [1.29, 1.82) is 0 Å². The SMILES string of the molecule is C[SiH](C)[Ti][C]1=CC=CC1.Cc1ccc(C=CC(=C(Oc2ccccc2)c2ccccc2)c2ccccc2)cc1. The van der Waals surface area contributed by atoms with Gasteiger partial charge in [-0.25, -0.2) is 0 Å². The maximum atomic E-state index is 6.45. The van der Waals surface area contributed by atoms with Crippen molar-refractivity contribution in [2.45, 2.75) is 26.4 Å². The summed E-state index contributed by atoms with van der Waals surface area (Å²) in [6.45, 7) is 6.81. The number of ether oxygens (including phenoxy) is 1. The zero-order chi connectivity index (χ0) is 27.3. The Kier molecular flexibility index (Phi) is 11.2. The monoisotopic (exact) mass is 560 g/mol. The van der Waals surface area contributed by atoms with E-state index in [1.807, 2.05) is 54.6 Å². The second-order valence-electron chi connectivity index (χ2n) is 9.76. The molecule has 0 aliphatic heterocycles. The molecule has 0 heterocycles. The van der Waals surface area contributed by atoms with Gasteiger partial charge >= 0.3 is 66.7 Å². The molecule has 0 N–H and O–H groups in total. The molecule has 0 bridgehead atoms. The van der Waals surface area contributed by atoms with E-state index >= 15 is 0 Å². The van der Waals surface area contributed by atoms with Crippen LogP contribution in [0, 0.1) is 6.92 Å². The van der Waals surface area contributed by atoms with E-state index < -0.39 is 0 Å². The van der Waals surface area contributed by atoms with Crippen LogP contribution in [0.5, 0.6) is 5.75 Å². The molecule has 0 saturated carbocycles. The summed E-state index contributed by atoms with van der Waals surface area (Å²) in [6.07, 6.45) is 12.4. The molecule has 0 fully saturated rings. The van der Waals surface area contributed by atoms with E-state index in [2.05, 4.69) is 111 Å². The van der Waals surface area contributed by atoms with Crippen molar-refractivity contribution in [2.75, 3.05) is 0 Å². The minimum absolute atomic E-state index is 0.207. The quantitative estimate of drug-likeness (QED) is 0.0903. The topological polar surface area (TPSA) is 9.23 Å². The molecule has 0 atom stereocenters. The number of hydrogen-bond acceptors (Lipinski definition) is 1. The Morgan fingerprint density at radius 2 is 1.33 bits per heavy atom. The molecule has 4 aromatic rings. The average Bonchev–Trinajstić information content (AvgIpc) is 3.48. The van der Waals surface area contributed by atoms with E-state index in [-0.39, 0.29) is 6.66 Å². The van der Waals surface area contributed by atoms with Crippen molar-refractivity contribution in [3.8, 4) is 5.75 Å². The summed E-state index contributed by atoms with van der Waals surface area (Å²) in [5.41, 5.74) is 5.58. The fourth-order valence-corrected chi connectivity index (χ4v) is 9.94. The molecule has 0 saturated heterocycles. The Bertz CT molecular complexity index is 1420. The molecule has 0 unspecified atom stereocenters. The van der Waals surface area contributed by atoms with Gasteiger partial charge in [-0.15, -0.1) is 0 Å². The van der Waals surface area contributed by atoms with E-state index in [0.29, 0.717) is 18.4 Å². The van der Waals surface area contributed by atoms with Crippen LogP contribution >= 0.6 is 0 Å². The van der Waals surface area contributed by atoms with Crippen molar-refractivity contribution in [1.82, 2.24) is 0 Å². The van der Waals surface area contributed by atoms with Crippen LogP contribution in [0.4, 0.5) is 0 Å². The maximum Gasteiger partial charge on any atom is 0.142 e. The predicted molar refractivity (Wildman–Crippen MR) is 168 cm³/mol. The van der Waals surface area contributed by atoms with Gasteiger partial charge in [0.15, 0.2) is 0 Å². The van der Waals surface area contributed by atoms with E-state index in [1.165, 1.54) is 12.0 Å². The summed E-state index contributed by atoms with van der Waals surface area (Å²) in [7, 11) is 0. The molecule has 3 heteroatoms. The molecule has 39 heavy (non-hydrogen) atoms. The van der Waals surface area contributed by atoms with Gasteiger partial charge in [0, 0.05) is 11.1 Å². The second kappa shape index (κ2) is 15.2. The van der Waals surface area contributed by atoms with E-state index in [9.17, 15) is 0 Å². The Morgan fingerprint density at radius 3 is 1.90 bits per heavy atom. The van der Waals surface area contributed by atoms with Crippen LogP contribution in [0.15, 0.2) is 143 Å². The van der Waals surface area contributed by atoms with Crippen LogP contribution in [0.1, 0.15) is 28.7 Å². The number of benzene rings is 4. The molecule has 0 aromatic heterocycles. The van der Waals surface area contributed by atoms with Gasteiger partial charge in [-0.3, -0.25) is 0 Å². The molecular weight excluding hydrogens is 524 g/mol. The minimum Gasteiger partial charge on any atom is -0.456 e. The molecular formula is C36H36OSiTi. The van der Waals surface area contributed by atoms with Crippen LogP contribution in [0.3, 0.4) is 0 Å². The largest absolute Gasteiger partial charge is 0.456 e. The first-order chi connectivity index (χ1) is 19.1. The summed E-state index contributed by atoms with van der Waals surface area (Å²) in [4.78, 5) is 0. The number of hydrogen-bond donors (Lipinski definition) is 0. The van der Waals surface area contributed by atoms with Gasteiger partial charge < -0.3 is 4.74 Å². The van der Waals surface area contributed by atoms with Gasteiger partial charge in [-0.2, -0.15) is 0 Å². The molecule has 1 aliphatic carbocycles. The predicted octanol–water partition coefficient (Wildman–Crippen LogP) is 9.55. The first kappa shape index (κ1) is 28.6. The Labute approximate surface area is 244 Å². The van der Waals surface area contributed by atoms with E-state index in [1.54, 1.807) is 3.88 Å². The van der Waals surface area contributed by atoms with Crippen LogP contribution < -0.4 is 4.74 Å². The molecule has 0 amide bonds. The van der Waals surface area contributed by atoms with Crippen molar-refractivity contribution in [3.05, 3.63) is 166 Å². The van der Waals surface area contributed by atoms with Crippen LogP contribution in [-0.4, -0.2) is 6.66 Å². The van der Waals surface area contributed by atoms with E-state index in [0.717, 1.165) is 33.8 Å². The van der Waals surface area contributed by atoms with Crippen molar-refractivity contribution < 1.29 is 23.1 Å². The van der Waals surface area contributed by atoms with Crippen molar-refractivity contribution in [2.24, 2.45) is 0 Å². The smallest absolute Gasteiger partial charge is 0.142 e. The molecule has 5 rings (SSSR count). The average molecular weight is 561 g/mol. The third-order valence-electron chi connectivity index (χ3n) is 6.09. The van der Waals surface area contributed by atoms with Gasteiger partial charge in [-0.05, 0) is 30.2 Å². The standard InChI is InChI=1S/C29H24O.C5H5.C2H7Si.Ti/c1-23-17-19-24(20-18-23)21-22-28(25-11-5-2-6-12-25)29(26-13-7-3-8-14-26)30-27-15-9-4-10-16-27;1-2-4-5-3-1;1-3-2;/h2-22H,1H3;1-3H,4H2;3H,1-2H3;. The Balaban J connectivity index is 0.000000333. The van der Waals surface area contributed by atoms with Gasteiger partial charge in [0.1, 0.15) is 11.5 Å². The normalized spacial score (nSPS) is 13.0. The zero-order valence-electron chi connectivity index (χ0n) is 23.0. The fraction of sp³-hybridized carbons (Fsp3) is 0.111. The number of allylic oxidation sites excluding steroid dienone is 6.